The van der Waals surface area contributed by atoms with Gasteiger partial charge in [0, 0.05) is 43.0 Å². The Balaban J connectivity index is 0.00000161. The van der Waals surface area contributed by atoms with Crippen molar-refractivity contribution in [2.24, 2.45) is 0 Å². The first-order valence-electron chi connectivity index (χ1n) is 7.53. The van der Waals surface area contributed by atoms with Gasteiger partial charge in [0.05, 0.1) is 0 Å². The molecule has 21 heavy (non-hydrogen) atoms. The molecule has 3 heteroatoms. The summed E-state index contributed by atoms with van der Waals surface area (Å²) in [6.45, 7) is 7.91. The number of hydrogen-bond acceptors (Lipinski definition) is 3. The van der Waals surface area contributed by atoms with Crippen LogP contribution in [0, 0.1) is 0 Å². The van der Waals surface area contributed by atoms with Crippen LogP contribution in [0.15, 0.2) is 36.7 Å². The van der Waals surface area contributed by atoms with E-state index in [4.69, 9.17) is 0 Å². The van der Waals surface area contributed by atoms with E-state index in [1.165, 1.54) is 22.8 Å². The van der Waals surface area contributed by atoms with E-state index in [0.29, 0.717) is 12.1 Å². The predicted molar refractivity (Wildman–Crippen MR) is 90.4 cm³/mol. The third kappa shape index (κ3) is 3.60. The molecule has 114 valence electrons. The van der Waals surface area contributed by atoms with E-state index in [-0.39, 0.29) is 7.43 Å². The van der Waals surface area contributed by atoms with Crippen molar-refractivity contribution in [2.45, 2.75) is 46.3 Å². The lowest BCUT2D eigenvalue weighted by Crippen LogP contribution is -2.41. The molecule has 2 atom stereocenters. The second-order valence-electron chi connectivity index (χ2n) is 5.92. The SMILES string of the molecule is C.C[C@@H]1CCNC[C@H](C)N1Cc1ccc2cnccc2c1. The third-order valence-corrected chi connectivity index (χ3v) is 4.38. The van der Waals surface area contributed by atoms with Crippen LogP contribution in [0.4, 0.5) is 0 Å². The molecule has 1 aromatic carbocycles. The van der Waals surface area contributed by atoms with Crippen LogP contribution in [-0.4, -0.2) is 35.1 Å². The maximum absolute atomic E-state index is 4.18. The molecule has 1 aliphatic heterocycles. The molecule has 0 amide bonds. The van der Waals surface area contributed by atoms with Crippen LogP contribution in [0.5, 0.6) is 0 Å². The Morgan fingerprint density at radius 2 is 2.05 bits per heavy atom. The van der Waals surface area contributed by atoms with Gasteiger partial charge in [0.1, 0.15) is 0 Å². The van der Waals surface area contributed by atoms with Gasteiger partial charge in [-0.2, -0.15) is 0 Å². The lowest BCUT2D eigenvalue weighted by molar-refractivity contribution is 0.154. The van der Waals surface area contributed by atoms with Crippen LogP contribution < -0.4 is 5.32 Å². The van der Waals surface area contributed by atoms with Gasteiger partial charge in [-0.05, 0) is 49.9 Å². The molecule has 1 saturated heterocycles. The Bertz CT molecular complexity index is 569. The van der Waals surface area contributed by atoms with Gasteiger partial charge in [-0.15, -0.1) is 0 Å². The lowest BCUT2D eigenvalue weighted by Gasteiger charge is -2.32. The van der Waals surface area contributed by atoms with Gasteiger partial charge in [0.15, 0.2) is 0 Å². The zero-order valence-electron chi connectivity index (χ0n) is 12.3. The van der Waals surface area contributed by atoms with Gasteiger partial charge in [-0.3, -0.25) is 9.88 Å². The largest absolute Gasteiger partial charge is 0.315 e. The smallest absolute Gasteiger partial charge is 0.0346 e. The Hall–Kier alpha value is -1.45. The highest BCUT2D eigenvalue weighted by Crippen LogP contribution is 2.19. The minimum absolute atomic E-state index is 0. The monoisotopic (exact) mass is 285 g/mol. The Morgan fingerprint density at radius 3 is 2.90 bits per heavy atom. The van der Waals surface area contributed by atoms with E-state index in [1.54, 1.807) is 0 Å². The van der Waals surface area contributed by atoms with Crippen molar-refractivity contribution in [3.05, 3.63) is 42.2 Å². The van der Waals surface area contributed by atoms with E-state index in [2.05, 4.69) is 53.3 Å². The average Bonchev–Trinajstić information content (AvgIpc) is 2.62. The molecule has 2 aromatic rings. The summed E-state index contributed by atoms with van der Waals surface area (Å²) in [5, 5.41) is 6.02. The van der Waals surface area contributed by atoms with Crippen molar-refractivity contribution in [1.29, 1.82) is 0 Å². The van der Waals surface area contributed by atoms with Gasteiger partial charge in [0.25, 0.3) is 0 Å². The summed E-state index contributed by atoms with van der Waals surface area (Å²) in [5.41, 5.74) is 1.39. The number of fused-ring (bicyclic) bond motifs is 1. The number of nitrogens with zero attached hydrogens (tertiary/aromatic N) is 2. The summed E-state index contributed by atoms with van der Waals surface area (Å²) in [5.74, 6) is 0. The minimum atomic E-state index is 0. The first kappa shape index (κ1) is 15.9. The van der Waals surface area contributed by atoms with Gasteiger partial charge < -0.3 is 5.32 Å². The molecule has 1 N–H and O–H groups in total. The minimum Gasteiger partial charge on any atom is -0.315 e. The van der Waals surface area contributed by atoms with Crippen molar-refractivity contribution in [2.75, 3.05) is 13.1 Å². The van der Waals surface area contributed by atoms with E-state index < -0.39 is 0 Å². The molecular weight excluding hydrogens is 258 g/mol. The summed E-state index contributed by atoms with van der Waals surface area (Å²) in [6.07, 6.45) is 5.02. The van der Waals surface area contributed by atoms with Crippen molar-refractivity contribution in [3.63, 3.8) is 0 Å². The van der Waals surface area contributed by atoms with E-state index >= 15 is 0 Å². The number of hydrogen-bond donors (Lipinski definition) is 1. The molecule has 0 unspecified atom stereocenters. The quantitative estimate of drug-likeness (QED) is 0.916. The highest BCUT2D eigenvalue weighted by Gasteiger charge is 2.22. The fourth-order valence-electron chi connectivity index (χ4n) is 3.09. The molecule has 0 radical (unpaired) electrons. The van der Waals surface area contributed by atoms with E-state index in [9.17, 15) is 0 Å². The van der Waals surface area contributed by atoms with Crippen LogP contribution in [0.2, 0.25) is 0 Å². The molecule has 0 bridgehead atoms. The fourth-order valence-corrected chi connectivity index (χ4v) is 3.09. The number of pyridine rings is 1. The van der Waals surface area contributed by atoms with Gasteiger partial charge in [-0.1, -0.05) is 19.6 Å². The number of aromatic nitrogens is 1. The van der Waals surface area contributed by atoms with Crippen LogP contribution in [0.3, 0.4) is 0 Å². The highest BCUT2D eigenvalue weighted by molar-refractivity contribution is 5.81. The van der Waals surface area contributed by atoms with Crippen LogP contribution in [-0.2, 0) is 6.54 Å². The first-order valence-corrected chi connectivity index (χ1v) is 7.53. The van der Waals surface area contributed by atoms with Gasteiger partial charge in [-0.25, -0.2) is 0 Å². The molecule has 0 saturated carbocycles. The predicted octanol–water partition coefficient (Wildman–Crippen LogP) is 3.44. The fraction of sp³-hybridized carbons (Fsp3) is 0.500. The maximum Gasteiger partial charge on any atom is 0.0346 e. The topological polar surface area (TPSA) is 28.2 Å². The van der Waals surface area contributed by atoms with Crippen molar-refractivity contribution < 1.29 is 0 Å². The average molecular weight is 285 g/mol. The van der Waals surface area contributed by atoms with Crippen LogP contribution >= 0.6 is 0 Å². The van der Waals surface area contributed by atoms with Crippen molar-refractivity contribution in [3.8, 4) is 0 Å². The normalized spacial score (nSPS) is 23.5. The van der Waals surface area contributed by atoms with Crippen molar-refractivity contribution in [1.82, 2.24) is 15.2 Å². The van der Waals surface area contributed by atoms with Crippen LogP contribution in [0.25, 0.3) is 10.8 Å². The zero-order chi connectivity index (χ0) is 13.9. The third-order valence-electron chi connectivity index (χ3n) is 4.38. The van der Waals surface area contributed by atoms with Crippen molar-refractivity contribution >= 4 is 10.8 Å². The summed E-state index contributed by atoms with van der Waals surface area (Å²) in [7, 11) is 0. The molecule has 3 rings (SSSR count). The van der Waals surface area contributed by atoms with Gasteiger partial charge >= 0.3 is 0 Å². The first-order chi connectivity index (χ1) is 9.74. The van der Waals surface area contributed by atoms with E-state index in [0.717, 1.165) is 19.6 Å². The van der Waals surface area contributed by atoms with E-state index in [1.807, 2.05) is 12.4 Å². The molecule has 1 aromatic heterocycles. The molecule has 1 aliphatic rings. The molecule has 2 heterocycles. The number of rotatable bonds is 2. The Labute approximate surface area is 128 Å². The summed E-state index contributed by atoms with van der Waals surface area (Å²) in [4.78, 5) is 6.79. The number of nitrogens with one attached hydrogen (secondary N) is 1. The van der Waals surface area contributed by atoms with Crippen LogP contribution in [0.1, 0.15) is 33.3 Å². The zero-order valence-corrected chi connectivity index (χ0v) is 12.3. The molecule has 3 nitrogen and oxygen atoms in total. The molecule has 0 spiro atoms. The molecular formula is C18H27N3. The Kier molecular flexibility index (Phi) is 5.32. The summed E-state index contributed by atoms with van der Waals surface area (Å²) in [6, 6.07) is 10.0. The maximum atomic E-state index is 4.18. The van der Waals surface area contributed by atoms with Gasteiger partial charge in [0.2, 0.25) is 0 Å². The Morgan fingerprint density at radius 1 is 1.19 bits per heavy atom. The summed E-state index contributed by atoms with van der Waals surface area (Å²) < 4.78 is 0. The second kappa shape index (κ2) is 7.01. The number of benzene rings is 1. The highest BCUT2D eigenvalue weighted by atomic mass is 15.2. The standard InChI is InChI=1S/C17H23N3.CH4/c1-13-5-7-18-10-14(2)20(13)12-15-3-4-17-11-19-8-6-16(17)9-15;/h3-4,6,8-9,11,13-14,18H,5,7,10,12H2,1-2H3;1H4/t13-,14+;/m1./s1. The lowest BCUT2D eigenvalue weighted by atomic mass is 10.1. The molecule has 0 aliphatic carbocycles. The molecule has 1 fully saturated rings. The second-order valence-corrected chi connectivity index (χ2v) is 5.92. The summed E-state index contributed by atoms with van der Waals surface area (Å²) >= 11 is 0.